The van der Waals surface area contributed by atoms with E-state index in [1.54, 1.807) is 6.07 Å². The van der Waals surface area contributed by atoms with Gasteiger partial charge in [0.2, 0.25) is 0 Å². The van der Waals surface area contributed by atoms with E-state index in [9.17, 15) is 18.0 Å². The summed E-state index contributed by atoms with van der Waals surface area (Å²) < 4.78 is 37.5. The number of carboxylic acid groups (broad SMARTS) is 1. The van der Waals surface area contributed by atoms with Crippen LogP contribution < -0.4 is 5.73 Å². The van der Waals surface area contributed by atoms with Crippen molar-refractivity contribution in [2.75, 3.05) is 0 Å². The number of hydrogen-bond acceptors (Lipinski definition) is 2. The van der Waals surface area contributed by atoms with E-state index in [1.165, 1.54) is 6.07 Å². The molecule has 3 N–H and O–H groups in total. The number of carboxylic acids is 1. The van der Waals surface area contributed by atoms with Crippen molar-refractivity contribution in [1.82, 2.24) is 0 Å². The Hall–Kier alpha value is -1.56. The molecule has 1 atom stereocenters. The summed E-state index contributed by atoms with van der Waals surface area (Å²) in [5.74, 6) is -1.03. The van der Waals surface area contributed by atoms with Crippen molar-refractivity contribution in [2.45, 2.75) is 44.3 Å². The fraction of sp³-hybridized carbons (Fsp3) is 0.500. The van der Waals surface area contributed by atoms with E-state index in [1.807, 2.05) is 0 Å². The minimum atomic E-state index is -4.32. The molecule has 0 aliphatic heterocycles. The van der Waals surface area contributed by atoms with Crippen LogP contribution in [0.15, 0.2) is 24.3 Å². The Morgan fingerprint density at radius 1 is 1.25 bits per heavy atom. The van der Waals surface area contributed by atoms with Crippen molar-refractivity contribution in [3.63, 3.8) is 0 Å². The van der Waals surface area contributed by atoms with Gasteiger partial charge in [0.15, 0.2) is 0 Å². The predicted molar refractivity (Wildman–Crippen MR) is 69.2 cm³/mol. The largest absolute Gasteiger partial charge is 0.480 e. The molecule has 0 aliphatic rings. The second-order valence-corrected chi connectivity index (χ2v) is 4.74. The first kappa shape index (κ1) is 16.5. The quantitative estimate of drug-likeness (QED) is 0.757. The number of rotatable bonds is 7. The second-order valence-electron chi connectivity index (χ2n) is 4.74. The Labute approximate surface area is 115 Å². The number of carbonyl (C=O) groups is 1. The maximum Gasteiger partial charge on any atom is 0.416 e. The van der Waals surface area contributed by atoms with E-state index in [-0.39, 0.29) is 0 Å². The number of nitrogens with two attached hydrogens (primary N) is 1. The zero-order valence-corrected chi connectivity index (χ0v) is 11.0. The molecule has 0 radical (unpaired) electrons. The molecule has 0 bridgehead atoms. The van der Waals surface area contributed by atoms with Gasteiger partial charge in [0.05, 0.1) is 5.56 Å². The summed E-state index contributed by atoms with van der Waals surface area (Å²) in [7, 11) is 0. The number of aryl methyl sites for hydroxylation is 1. The predicted octanol–water partition coefficient (Wildman–Crippen LogP) is 3.22. The average Bonchev–Trinajstić information content (AvgIpc) is 2.37. The van der Waals surface area contributed by atoms with Crippen molar-refractivity contribution in [3.05, 3.63) is 35.4 Å². The molecule has 0 saturated carbocycles. The van der Waals surface area contributed by atoms with Gasteiger partial charge in [0.1, 0.15) is 6.04 Å². The van der Waals surface area contributed by atoms with Crippen LogP contribution in [0, 0.1) is 0 Å². The van der Waals surface area contributed by atoms with Gasteiger partial charge in [-0.25, -0.2) is 0 Å². The van der Waals surface area contributed by atoms with Crippen LogP contribution in [-0.2, 0) is 17.4 Å². The Morgan fingerprint density at radius 3 is 2.55 bits per heavy atom. The standard InChI is InChI=1S/C14H18F3NO2/c15-14(16,17)11-7-4-6-10(9-11)5-2-1-3-8-12(18)13(19)20/h4,6-7,9,12H,1-3,5,8,18H2,(H,19,20). The lowest BCUT2D eigenvalue weighted by Crippen LogP contribution is -2.29. The summed E-state index contributed by atoms with van der Waals surface area (Å²) in [6, 6.07) is 4.42. The summed E-state index contributed by atoms with van der Waals surface area (Å²) in [4.78, 5) is 10.5. The highest BCUT2D eigenvalue weighted by Gasteiger charge is 2.30. The van der Waals surface area contributed by atoms with Crippen molar-refractivity contribution in [1.29, 1.82) is 0 Å². The third-order valence-electron chi connectivity index (χ3n) is 3.05. The number of benzene rings is 1. The Bertz CT molecular complexity index is 446. The van der Waals surface area contributed by atoms with Gasteiger partial charge in [-0.2, -0.15) is 13.2 Å². The maximum absolute atomic E-state index is 12.5. The van der Waals surface area contributed by atoms with Crippen molar-refractivity contribution in [3.8, 4) is 0 Å². The van der Waals surface area contributed by atoms with E-state index in [0.717, 1.165) is 18.6 Å². The Kier molecular flexibility index (Phi) is 6.01. The fourth-order valence-corrected chi connectivity index (χ4v) is 1.90. The highest BCUT2D eigenvalue weighted by molar-refractivity contribution is 5.72. The smallest absolute Gasteiger partial charge is 0.416 e. The van der Waals surface area contributed by atoms with Gasteiger partial charge in [0, 0.05) is 0 Å². The first-order chi connectivity index (χ1) is 9.30. The normalized spacial score (nSPS) is 13.2. The molecule has 20 heavy (non-hydrogen) atoms. The average molecular weight is 289 g/mol. The molecule has 0 fully saturated rings. The van der Waals surface area contributed by atoms with Crippen LogP contribution in [-0.4, -0.2) is 17.1 Å². The van der Waals surface area contributed by atoms with Crippen LogP contribution in [0.1, 0.15) is 36.8 Å². The van der Waals surface area contributed by atoms with E-state index in [0.29, 0.717) is 31.2 Å². The number of aliphatic carboxylic acids is 1. The molecule has 0 spiro atoms. The zero-order valence-electron chi connectivity index (χ0n) is 11.0. The maximum atomic E-state index is 12.5. The van der Waals surface area contributed by atoms with E-state index in [2.05, 4.69) is 0 Å². The molecule has 1 aromatic carbocycles. The van der Waals surface area contributed by atoms with Crippen LogP contribution >= 0.6 is 0 Å². The van der Waals surface area contributed by atoms with Gasteiger partial charge in [-0.05, 0) is 30.9 Å². The fourth-order valence-electron chi connectivity index (χ4n) is 1.90. The zero-order chi connectivity index (χ0) is 15.2. The number of alkyl halides is 3. The van der Waals surface area contributed by atoms with E-state index >= 15 is 0 Å². The second kappa shape index (κ2) is 7.28. The van der Waals surface area contributed by atoms with Gasteiger partial charge >= 0.3 is 12.1 Å². The molecule has 6 heteroatoms. The first-order valence-electron chi connectivity index (χ1n) is 6.45. The van der Waals surface area contributed by atoms with Crippen LogP contribution in [0.3, 0.4) is 0 Å². The third-order valence-corrected chi connectivity index (χ3v) is 3.05. The van der Waals surface area contributed by atoms with Crippen molar-refractivity contribution < 1.29 is 23.1 Å². The summed E-state index contributed by atoms with van der Waals surface area (Å²) in [6.45, 7) is 0. The topological polar surface area (TPSA) is 63.3 Å². The van der Waals surface area contributed by atoms with Crippen LogP contribution in [0.5, 0.6) is 0 Å². The lowest BCUT2D eigenvalue weighted by molar-refractivity contribution is -0.139. The third kappa shape index (κ3) is 5.61. The minimum Gasteiger partial charge on any atom is -0.480 e. The van der Waals surface area contributed by atoms with Crippen LogP contribution in [0.4, 0.5) is 13.2 Å². The molecule has 1 unspecified atom stereocenters. The number of unbranched alkanes of at least 4 members (excludes halogenated alkanes) is 2. The Morgan fingerprint density at radius 2 is 1.95 bits per heavy atom. The summed E-state index contributed by atoms with van der Waals surface area (Å²) in [5, 5.41) is 8.59. The summed E-state index contributed by atoms with van der Waals surface area (Å²) in [5.41, 5.74) is 5.36. The number of halogens is 3. The Balaban J connectivity index is 2.34. The van der Waals surface area contributed by atoms with E-state index in [4.69, 9.17) is 10.8 Å². The molecule has 112 valence electrons. The SMILES string of the molecule is NC(CCCCCc1cccc(C(F)(F)F)c1)C(=O)O. The molecule has 1 aromatic rings. The van der Waals surface area contributed by atoms with E-state index < -0.39 is 23.8 Å². The van der Waals surface area contributed by atoms with Crippen LogP contribution in [0.25, 0.3) is 0 Å². The monoisotopic (exact) mass is 289 g/mol. The molecule has 0 heterocycles. The molecule has 0 aliphatic carbocycles. The van der Waals surface area contributed by atoms with Crippen molar-refractivity contribution in [2.24, 2.45) is 5.73 Å². The molecular formula is C14H18F3NO2. The van der Waals surface area contributed by atoms with Gasteiger partial charge in [-0.1, -0.05) is 31.0 Å². The molecule has 1 rings (SSSR count). The van der Waals surface area contributed by atoms with Crippen LogP contribution in [0.2, 0.25) is 0 Å². The van der Waals surface area contributed by atoms with Gasteiger partial charge in [-0.15, -0.1) is 0 Å². The molecule has 0 aromatic heterocycles. The molecule has 0 amide bonds. The van der Waals surface area contributed by atoms with Gasteiger partial charge in [-0.3, -0.25) is 4.79 Å². The lowest BCUT2D eigenvalue weighted by atomic mass is 10.0. The summed E-state index contributed by atoms with van der Waals surface area (Å²) >= 11 is 0. The number of hydrogen-bond donors (Lipinski definition) is 2. The van der Waals surface area contributed by atoms with Gasteiger partial charge in [0.25, 0.3) is 0 Å². The summed E-state index contributed by atoms with van der Waals surface area (Å²) in [6.07, 6.45) is -1.26. The molecule has 0 saturated heterocycles. The minimum absolute atomic E-state index is 0.387. The molecular weight excluding hydrogens is 271 g/mol. The van der Waals surface area contributed by atoms with Crippen molar-refractivity contribution >= 4 is 5.97 Å². The highest BCUT2D eigenvalue weighted by Crippen LogP contribution is 2.29. The molecule has 3 nitrogen and oxygen atoms in total. The highest BCUT2D eigenvalue weighted by atomic mass is 19.4. The first-order valence-corrected chi connectivity index (χ1v) is 6.45. The lowest BCUT2D eigenvalue weighted by Gasteiger charge is -2.09. The van der Waals surface area contributed by atoms with Gasteiger partial charge < -0.3 is 10.8 Å².